The summed E-state index contributed by atoms with van der Waals surface area (Å²) in [5.41, 5.74) is 2.80. The Labute approximate surface area is 171 Å². The molecule has 1 heterocycles. The third kappa shape index (κ3) is 4.20. The standard InChI is InChI=1S/C23H18F3N3O/c1-30-19-10-7-16(8-11-19)14-27-18-9-12-21-20(13-18)28-22(23(24,25)26)29(21)15-17-5-3-2-4-6-17/h2-14H,15H2,1H3. The second-order valence-corrected chi connectivity index (χ2v) is 6.71. The Morgan fingerprint density at radius 2 is 1.73 bits per heavy atom. The van der Waals surface area contributed by atoms with Crippen LogP contribution in [0.4, 0.5) is 18.9 Å². The summed E-state index contributed by atoms with van der Waals surface area (Å²) < 4.78 is 47.1. The van der Waals surface area contributed by atoms with E-state index in [2.05, 4.69) is 9.98 Å². The fourth-order valence-corrected chi connectivity index (χ4v) is 3.18. The molecule has 4 rings (SSSR count). The Balaban J connectivity index is 1.69. The van der Waals surface area contributed by atoms with Crippen molar-refractivity contribution >= 4 is 22.9 Å². The molecule has 152 valence electrons. The SMILES string of the molecule is COc1ccc(C=Nc2ccc3c(c2)nc(C(F)(F)F)n3Cc2ccccc2)cc1. The number of hydrogen-bond donors (Lipinski definition) is 0. The lowest BCUT2D eigenvalue weighted by Crippen LogP contribution is -2.15. The van der Waals surface area contributed by atoms with Crippen LogP contribution in [0.1, 0.15) is 17.0 Å². The van der Waals surface area contributed by atoms with Crippen molar-refractivity contribution < 1.29 is 17.9 Å². The van der Waals surface area contributed by atoms with Crippen molar-refractivity contribution in [1.82, 2.24) is 9.55 Å². The number of alkyl halides is 3. The first-order valence-corrected chi connectivity index (χ1v) is 9.23. The van der Waals surface area contributed by atoms with E-state index >= 15 is 0 Å². The van der Waals surface area contributed by atoms with E-state index in [1.165, 1.54) is 4.57 Å². The van der Waals surface area contributed by atoms with Crippen molar-refractivity contribution in [2.75, 3.05) is 7.11 Å². The van der Waals surface area contributed by atoms with Crippen LogP contribution in [0.25, 0.3) is 11.0 Å². The van der Waals surface area contributed by atoms with E-state index in [0.717, 1.165) is 16.9 Å². The van der Waals surface area contributed by atoms with Gasteiger partial charge >= 0.3 is 6.18 Å². The van der Waals surface area contributed by atoms with Crippen LogP contribution in [0.5, 0.6) is 5.75 Å². The van der Waals surface area contributed by atoms with Crippen LogP contribution in [0.2, 0.25) is 0 Å². The summed E-state index contributed by atoms with van der Waals surface area (Å²) in [5.74, 6) is -0.185. The Bertz CT molecular complexity index is 1180. The van der Waals surface area contributed by atoms with Crippen LogP contribution < -0.4 is 4.74 Å². The van der Waals surface area contributed by atoms with Crippen LogP contribution in [-0.2, 0) is 12.7 Å². The highest BCUT2D eigenvalue weighted by Gasteiger charge is 2.37. The maximum absolute atomic E-state index is 13.6. The van der Waals surface area contributed by atoms with Crippen molar-refractivity contribution in [2.45, 2.75) is 12.7 Å². The van der Waals surface area contributed by atoms with E-state index in [9.17, 15) is 13.2 Å². The minimum absolute atomic E-state index is 0.0840. The number of ether oxygens (including phenoxy) is 1. The lowest BCUT2D eigenvalue weighted by molar-refractivity contribution is -0.146. The van der Waals surface area contributed by atoms with Crippen LogP contribution in [0.3, 0.4) is 0 Å². The number of rotatable bonds is 5. The van der Waals surface area contributed by atoms with Gasteiger partial charge in [-0.3, -0.25) is 4.99 Å². The first-order valence-electron chi connectivity index (χ1n) is 9.23. The molecule has 0 radical (unpaired) electrons. The number of hydrogen-bond acceptors (Lipinski definition) is 3. The first kappa shape index (κ1) is 19.7. The smallest absolute Gasteiger partial charge is 0.449 e. The molecule has 0 amide bonds. The predicted molar refractivity (Wildman–Crippen MR) is 111 cm³/mol. The molecule has 0 N–H and O–H groups in total. The molecule has 0 aliphatic rings. The Morgan fingerprint density at radius 3 is 2.40 bits per heavy atom. The van der Waals surface area contributed by atoms with E-state index in [4.69, 9.17) is 4.74 Å². The zero-order valence-corrected chi connectivity index (χ0v) is 16.1. The average Bonchev–Trinajstić information content (AvgIpc) is 3.11. The molecule has 0 aliphatic heterocycles. The summed E-state index contributed by atoms with van der Waals surface area (Å²) in [4.78, 5) is 8.24. The van der Waals surface area contributed by atoms with Gasteiger partial charge in [-0.25, -0.2) is 4.98 Å². The molecule has 3 aromatic carbocycles. The minimum Gasteiger partial charge on any atom is -0.497 e. The lowest BCUT2D eigenvalue weighted by atomic mass is 10.2. The third-order valence-corrected chi connectivity index (χ3v) is 4.65. The topological polar surface area (TPSA) is 39.4 Å². The van der Waals surface area contributed by atoms with Gasteiger partial charge < -0.3 is 9.30 Å². The lowest BCUT2D eigenvalue weighted by Gasteiger charge is -2.11. The van der Waals surface area contributed by atoms with Crippen LogP contribution in [0.15, 0.2) is 77.8 Å². The summed E-state index contributed by atoms with van der Waals surface area (Å²) in [6, 6.07) is 21.2. The molecular formula is C23H18F3N3O. The van der Waals surface area contributed by atoms with Gasteiger partial charge in [-0.2, -0.15) is 13.2 Å². The van der Waals surface area contributed by atoms with Gasteiger partial charge in [-0.05, 0) is 53.6 Å². The van der Waals surface area contributed by atoms with Gasteiger partial charge in [0.2, 0.25) is 5.82 Å². The Morgan fingerprint density at radius 1 is 1.00 bits per heavy atom. The maximum Gasteiger partial charge on any atom is 0.449 e. The zero-order valence-electron chi connectivity index (χ0n) is 16.1. The minimum atomic E-state index is -4.56. The van der Waals surface area contributed by atoms with E-state index in [0.29, 0.717) is 11.2 Å². The van der Waals surface area contributed by atoms with E-state index in [1.807, 2.05) is 30.3 Å². The summed E-state index contributed by atoms with van der Waals surface area (Å²) in [6.07, 6.45) is -2.91. The number of halogens is 3. The van der Waals surface area contributed by atoms with E-state index in [1.54, 1.807) is 55.8 Å². The van der Waals surface area contributed by atoms with E-state index in [-0.39, 0.29) is 12.1 Å². The normalized spacial score (nSPS) is 12.0. The van der Waals surface area contributed by atoms with Crippen LogP contribution in [0, 0.1) is 0 Å². The number of nitrogens with zero attached hydrogens (tertiary/aromatic N) is 3. The van der Waals surface area contributed by atoms with Gasteiger partial charge in [0.1, 0.15) is 5.75 Å². The maximum atomic E-state index is 13.6. The molecule has 4 nitrogen and oxygen atoms in total. The highest BCUT2D eigenvalue weighted by molar-refractivity contribution is 5.85. The molecule has 4 aromatic rings. The monoisotopic (exact) mass is 409 g/mol. The number of aliphatic imine (C=N–C) groups is 1. The molecule has 0 saturated carbocycles. The molecule has 0 bridgehead atoms. The van der Waals surface area contributed by atoms with Gasteiger partial charge in [0.05, 0.1) is 23.8 Å². The highest BCUT2D eigenvalue weighted by atomic mass is 19.4. The largest absolute Gasteiger partial charge is 0.497 e. The predicted octanol–water partition coefficient (Wildman–Crippen LogP) is 5.86. The summed E-state index contributed by atoms with van der Waals surface area (Å²) in [5, 5.41) is 0. The number of methoxy groups -OCH3 is 1. The number of imidazole rings is 1. The summed E-state index contributed by atoms with van der Waals surface area (Å²) in [7, 11) is 1.59. The Kier molecular flexibility index (Phi) is 5.27. The van der Waals surface area contributed by atoms with Crippen molar-refractivity contribution in [3.8, 4) is 5.75 Å². The van der Waals surface area contributed by atoms with Crippen molar-refractivity contribution in [3.05, 3.63) is 89.7 Å². The molecule has 7 heteroatoms. The molecule has 0 aliphatic carbocycles. The van der Waals surface area contributed by atoms with Crippen molar-refractivity contribution in [3.63, 3.8) is 0 Å². The van der Waals surface area contributed by atoms with Gasteiger partial charge in [-0.1, -0.05) is 30.3 Å². The number of benzene rings is 3. The molecule has 0 fully saturated rings. The van der Waals surface area contributed by atoms with Crippen molar-refractivity contribution in [1.29, 1.82) is 0 Å². The first-order chi connectivity index (χ1) is 14.4. The number of aromatic nitrogens is 2. The summed E-state index contributed by atoms with van der Waals surface area (Å²) in [6.45, 7) is 0.0840. The third-order valence-electron chi connectivity index (χ3n) is 4.65. The molecule has 0 atom stereocenters. The second kappa shape index (κ2) is 8.02. The Hall–Kier alpha value is -3.61. The molecule has 0 saturated heterocycles. The molecule has 30 heavy (non-hydrogen) atoms. The highest BCUT2D eigenvalue weighted by Crippen LogP contribution is 2.33. The van der Waals surface area contributed by atoms with Crippen LogP contribution >= 0.6 is 0 Å². The fraction of sp³-hybridized carbons (Fsp3) is 0.130. The second-order valence-electron chi connectivity index (χ2n) is 6.71. The molecule has 0 spiro atoms. The van der Waals surface area contributed by atoms with Gasteiger partial charge in [0.15, 0.2) is 0 Å². The fourth-order valence-electron chi connectivity index (χ4n) is 3.18. The van der Waals surface area contributed by atoms with Gasteiger partial charge in [-0.15, -0.1) is 0 Å². The number of fused-ring (bicyclic) bond motifs is 1. The molecular weight excluding hydrogens is 391 g/mol. The zero-order chi connectivity index (χ0) is 21.1. The quantitative estimate of drug-likeness (QED) is 0.387. The van der Waals surface area contributed by atoms with Crippen molar-refractivity contribution in [2.24, 2.45) is 4.99 Å². The van der Waals surface area contributed by atoms with Gasteiger partial charge in [0.25, 0.3) is 0 Å². The van der Waals surface area contributed by atoms with E-state index < -0.39 is 12.0 Å². The van der Waals surface area contributed by atoms with Gasteiger partial charge in [0, 0.05) is 12.8 Å². The molecule has 0 unspecified atom stereocenters. The average molecular weight is 409 g/mol. The molecule has 1 aromatic heterocycles. The van der Waals surface area contributed by atoms with Crippen LogP contribution in [-0.4, -0.2) is 22.9 Å². The summed E-state index contributed by atoms with van der Waals surface area (Å²) >= 11 is 0.